The van der Waals surface area contributed by atoms with Crippen molar-refractivity contribution in [1.82, 2.24) is 4.98 Å². The first-order valence-electron chi connectivity index (χ1n) is 4.04. The molecule has 0 saturated heterocycles. The maximum atomic E-state index is 10.5. The van der Waals surface area contributed by atoms with E-state index < -0.39 is 4.92 Å². The van der Waals surface area contributed by atoms with E-state index in [4.69, 9.17) is 4.74 Å². The summed E-state index contributed by atoms with van der Waals surface area (Å²) in [4.78, 5) is 17.7. The molecular weight excluding hydrogens is 186 g/mol. The highest BCUT2D eigenvalue weighted by molar-refractivity contribution is 5.95. The first-order valence-corrected chi connectivity index (χ1v) is 4.04. The molecule has 72 valence electrons. The first kappa shape index (κ1) is 8.61. The van der Waals surface area contributed by atoms with Crippen molar-refractivity contribution < 1.29 is 9.66 Å². The van der Waals surface area contributed by atoms with Crippen LogP contribution in [0.3, 0.4) is 0 Å². The summed E-state index contributed by atoms with van der Waals surface area (Å²) in [5.41, 5.74) is 0.498. The van der Waals surface area contributed by atoms with E-state index >= 15 is 0 Å². The molecule has 0 unspecified atom stereocenters. The summed E-state index contributed by atoms with van der Waals surface area (Å²) in [5.74, 6) is 0.432. The highest BCUT2D eigenvalue weighted by atomic mass is 16.6. The molecule has 2 heterocycles. The van der Waals surface area contributed by atoms with Gasteiger partial charge in [-0.15, -0.1) is 0 Å². The van der Waals surface area contributed by atoms with Gasteiger partial charge >= 0.3 is 0 Å². The number of nitro groups is 1. The minimum absolute atomic E-state index is 0.0549. The first-order chi connectivity index (χ1) is 6.77. The van der Waals surface area contributed by atoms with Crippen LogP contribution in [-0.2, 0) is 4.74 Å². The molecule has 0 N–H and O–H groups in total. The van der Waals surface area contributed by atoms with Crippen LogP contribution in [0.1, 0.15) is 5.56 Å². The van der Waals surface area contributed by atoms with Gasteiger partial charge < -0.3 is 4.74 Å². The van der Waals surface area contributed by atoms with Gasteiger partial charge in [0.2, 0.25) is 5.90 Å². The third-order valence-corrected chi connectivity index (χ3v) is 1.77. The van der Waals surface area contributed by atoms with Gasteiger partial charge in [0.15, 0.2) is 0 Å². The zero-order chi connectivity index (χ0) is 9.97. The fourth-order valence-corrected chi connectivity index (χ4v) is 1.15. The lowest BCUT2D eigenvalue weighted by atomic mass is 10.2. The van der Waals surface area contributed by atoms with Gasteiger partial charge in [0.05, 0.1) is 17.0 Å². The number of hydrogen-bond acceptors (Lipinski definition) is 5. The van der Waals surface area contributed by atoms with Crippen molar-refractivity contribution in [2.45, 2.75) is 0 Å². The Bertz CT molecular complexity index is 403. The minimum atomic E-state index is -0.494. The van der Waals surface area contributed by atoms with Crippen molar-refractivity contribution in [3.8, 4) is 0 Å². The van der Waals surface area contributed by atoms with Crippen LogP contribution in [0.15, 0.2) is 23.5 Å². The molecule has 0 amide bonds. The molecule has 1 aliphatic heterocycles. The number of rotatable bonds is 2. The van der Waals surface area contributed by atoms with Crippen LogP contribution in [0.4, 0.5) is 5.69 Å². The molecule has 6 nitrogen and oxygen atoms in total. The van der Waals surface area contributed by atoms with Gasteiger partial charge in [-0.3, -0.25) is 15.1 Å². The molecule has 0 aromatic carbocycles. The van der Waals surface area contributed by atoms with E-state index in [1.807, 2.05) is 0 Å². The summed E-state index contributed by atoms with van der Waals surface area (Å²) < 4.78 is 5.16. The summed E-state index contributed by atoms with van der Waals surface area (Å²) in [7, 11) is 0. The summed E-state index contributed by atoms with van der Waals surface area (Å²) in [5, 5.41) is 10.5. The molecular formula is C8H7N3O3. The second-order valence-electron chi connectivity index (χ2n) is 2.72. The van der Waals surface area contributed by atoms with E-state index in [1.54, 1.807) is 0 Å². The quantitative estimate of drug-likeness (QED) is 0.513. The average molecular weight is 193 g/mol. The summed E-state index contributed by atoms with van der Waals surface area (Å²) >= 11 is 0. The van der Waals surface area contributed by atoms with Crippen LogP contribution in [0.25, 0.3) is 0 Å². The molecule has 14 heavy (non-hydrogen) atoms. The predicted molar refractivity (Wildman–Crippen MR) is 48.2 cm³/mol. The van der Waals surface area contributed by atoms with Gasteiger partial charge in [-0.05, 0) is 0 Å². The van der Waals surface area contributed by atoms with Gasteiger partial charge in [-0.25, -0.2) is 4.99 Å². The van der Waals surface area contributed by atoms with Crippen LogP contribution in [0, 0.1) is 10.1 Å². The van der Waals surface area contributed by atoms with Crippen LogP contribution in [-0.4, -0.2) is 29.0 Å². The van der Waals surface area contributed by atoms with E-state index in [0.29, 0.717) is 24.6 Å². The van der Waals surface area contributed by atoms with Crippen LogP contribution >= 0.6 is 0 Å². The standard InChI is InChI=1S/C8H7N3O3/c12-11(13)7-3-6(4-9-5-7)8-10-1-2-14-8/h3-5H,1-2H2. The molecule has 0 atom stereocenters. The predicted octanol–water partition coefficient (Wildman–Crippen LogP) is 0.767. The number of aliphatic imine (C=N–C) groups is 1. The molecule has 0 bridgehead atoms. The summed E-state index contributed by atoms with van der Waals surface area (Å²) in [6.07, 6.45) is 2.69. The lowest BCUT2D eigenvalue weighted by Crippen LogP contribution is -2.02. The Kier molecular flexibility index (Phi) is 2.10. The molecule has 1 aromatic rings. The Labute approximate surface area is 79.4 Å². The number of aromatic nitrogens is 1. The lowest BCUT2D eigenvalue weighted by Gasteiger charge is -1.99. The van der Waals surface area contributed by atoms with Crippen molar-refractivity contribution in [2.75, 3.05) is 13.2 Å². The lowest BCUT2D eigenvalue weighted by molar-refractivity contribution is -0.385. The third-order valence-electron chi connectivity index (χ3n) is 1.77. The highest BCUT2D eigenvalue weighted by Crippen LogP contribution is 2.13. The Morgan fingerprint density at radius 3 is 3.00 bits per heavy atom. The monoisotopic (exact) mass is 193 g/mol. The molecule has 1 aromatic heterocycles. The fourth-order valence-electron chi connectivity index (χ4n) is 1.15. The normalized spacial score (nSPS) is 14.7. The average Bonchev–Trinajstić information content (AvgIpc) is 2.71. The van der Waals surface area contributed by atoms with Crippen LogP contribution < -0.4 is 0 Å². The number of hydrogen-bond donors (Lipinski definition) is 0. The Morgan fingerprint density at radius 2 is 2.36 bits per heavy atom. The second kappa shape index (κ2) is 3.41. The van der Waals surface area contributed by atoms with E-state index in [-0.39, 0.29) is 5.69 Å². The molecule has 6 heteroatoms. The smallest absolute Gasteiger partial charge is 0.288 e. The zero-order valence-corrected chi connectivity index (χ0v) is 7.21. The third kappa shape index (κ3) is 1.54. The van der Waals surface area contributed by atoms with E-state index in [0.717, 1.165) is 0 Å². The van der Waals surface area contributed by atoms with Gasteiger partial charge in [-0.1, -0.05) is 0 Å². The molecule has 0 radical (unpaired) electrons. The van der Waals surface area contributed by atoms with Crippen molar-refractivity contribution >= 4 is 11.6 Å². The largest absolute Gasteiger partial charge is 0.475 e. The number of nitrogens with zero attached hydrogens (tertiary/aromatic N) is 3. The Balaban J connectivity index is 2.34. The minimum Gasteiger partial charge on any atom is -0.475 e. The second-order valence-corrected chi connectivity index (χ2v) is 2.72. The topological polar surface area (TPSA) is 77.6 Å². The molecule has 2 rings (SSSR count). The van der Waals surface area contributed by atoms with Gasteiger partial charge in [0, 0.05) is 12.3 Å². The molecule has 1 aliphatic rings. The van der Waals surface area contributed by atoms with Crippen LogP contribution in [0.5, 0.6) is 0 Å². The SMILES string of the molecule is O=[N+]([O-])c1cncc(C2=NCCO2)c1. The Morgan fingerprint density at radius 1 is 1.50 bits per heavy atom. The van der Waals surface area contributed by atoms with Crippen LogP contribution in [0.2, 0.25) is 0 Å². The number of pyridine rings is 1. The highest BCUT2D eigenvalue weighted by Gasteiger charge is 2.14. The van der Waals surface area contributed by atoms with Crippen molar-refractivity contribution in [1.29, 1.82) is 0 Å². The number of ether oxygens (including phenoxy) is 1. The van der Waals surface area contributed by atoms with Crippen molar-refractivity contribution in [3.05, 3.63) is 34.1 Å². The summed E-state index contributed by atoms with van der Waals surface area (Å²) in [6, 6.07) is 1.40. The van der Waals surface area contributed by atoms with E-state index in [9.17, 15) is 10.1 Å². The molecule has 0 aliphatic carbocycles. The molecule has 0 saturated carbocycles. The van der Waals surface area contributed by atoms with E-state index in [1.165, 1.54) is 18.5 Å². The summed E-state index contributed by atoms with van der Waals surface area (Å²) in [6.45, 7) is 1.12. The van der Waals surface area contributed by atoms with Gasteiger partial charge in [0.1, 0.15) is 12.8 Å². The maximum absolute atomic E-state index is 10.5. The maximum Gasteiger partial charge on any atom is 0.288 e. The molecule has 0 spiro atoms. The molecule has 0 fully saturated rings. The fraction of sp³-hybridized carbons (Fsp3) is 0.250. The zero-order valence-electron chi connectivity index (χ0n) is 7.21. The van der Waals surface area contributed by atoms with Crippen molar-refractivity contribution in [3.63, 3.8) is 0 Å². The van der Waals surface area contributed by atoms with Crippen molar-refractivity contribution in [2.24, 2.45) is 4.99 Å². The Hall–Kier alpha value is -1.98. The van der Waals surface area contributed by atoms with Gasteiger partial charge in [-0.2, -0.15) is 0 Å². The van der Waals surface area contributed by atoms with E-state index in [2.05, 4.69) is 9.98 Å². The van der Waals surface area contributed by atoms with Gasteiger partial charge in [0.25, 0.3) is 5.69 Å².